The summed E-state index contributed by atoms with van der Waals surface area (Å²) < 4.78 is 23.6. The Balaban J connectivity index is 1.75. The minimum absolute atomic E-state index is 0.00784. The molecule has 0 spiro atoms. The third-order valence-electron chi connectivity index (χ3n) is 7.21. The lowest BCUT2D eigenvalue weighted by Gasteiger charge is -2.32. The van der Waals surface area contributed by atoms with Crippen LogP contribution in [0.4, 0.5) is 0 Å². The maximum Gasteiger partial charge on any atom is 0.337 e. The number of esters is 2. The number of fused-ring (bicyclic) bond motifs is 3. The zero-order chi connectivity index (χ0) is 29.4. The number of aromatic nitrogens is 1. The lowest BCUT2D eigenvalue weighted by Crippen LogP contribution is -2.45. The van der Waals surface area contributed by atoms with Crippen LogP contribution in [0.15, 0.2) is 83.9 Å². The van der Waals surface area contributed by atoms with Gasteiger partial charge < -0.3 is 23.2 Å². The number of ether oxygens (including phenoxy) is 2. The van der Waals surface area contributed by atoms with Gasteiger partial charge in [-0.3, -0.25) is 14.3 Å². The van der Waals surface area contributed by atoms with Crippen LogP contribution in [-0.2, 0) is 16.1 Å². The Kier molecular flexibility index (Phi) is 7.15. The molecule has 4 heterocycles. The third-order valence-corrected chi connectivity index (χ3v) is 7.21. The predicted molar refractivity (Wildman–Crippen MR) is 151 cm³/mol. The van der Waals surface area contributed by atoms with E-state index in [4.69, 9.17) is 18.3 Å². The molecule has 2 aromatic heterocycles. The van der Waals surface area contributed by atoms with Gasteiger partial charge in [-0.1, -0.05) is 30.3 Å². The van der Waals surface area contributed by atoms with Crippen LogP contribution in [0.1, 0.15) is 0 Å². The fourth-order valence-corrected chi connectivity index (χ4v) is 5.09. The molecule has 2 aliphatic rings. The van der Waals surface area contributed by atoms with Crippen molar-refractivity contribution in [1.82, 2.24) is 14.4 Å². The van der Waals surface area contributed by atoms with Crippen molar-refractivity contribution in [1.29, 1.82) is 0 Å². The van der Waals surface area contributed by atoms with Crippen LogP contribution in [0.2, 0.25) is 0 Å². The smallest absolute Gasteiger partial charge is 0.337 e. The van der Waals surface area contributed by atoms with E-state index in [1.807, 2.05) is 7.05 Å². The highest BCUT2D eigenvalue weighted by atomic mass is 16.6. The molecule has 0 atom stereocenters. The Hall–Kier alpha value is -5.07. The molecule has 1 fully saturated rings. The van der Waals surface area contributed by atoms with E-state index in [0.29, 0.717) is 12.1 Å². The van der Waals surface area contributed by atoms with E-state index < -0.39 is 28.7 Å². The predicted octanol–water partition coefficient (Wildman–Crippen LogP) is 1.92. The average Bonchev–Trinajstić information content (AvgIpc) is 2.97. The van der Waals surface area contributed by atoms with Gasteiger partial charge in [0.05, 0.1) is 10.9 Å². The molecule has 214 valence electrons. The van der Waals surface area contributed by atoms with Gasteiger partial charge in [0.25, 0.3) is 5.56 Å². The quantitative estimate of drug-likeness (QED) is 0.262. The zero-order valence-corrected chi connectivity index (χ0v) is 22.5. The van der Waals surface area contributed by atoms with E-state index in [1.165, 1.54) is 10.6 Å². The van der Waals surface area contributed by atoms with Crippen LogP contribution in [0, 0.1) is 0 Å². The van der Waals surface area contributed by atoms with E-state index in [9.17, 15) is 24.0 Å². The van der Waals surface area contributed by atoms with Crippen LogP contribution in [0.25, 0.3) is 33.2 Å². The molecule has 0 saturated carbocycles. The minimum atomic E-state index is -1.01. The van der Waals surface area contributed by atoms with Gasteiger partial charge in [0.1, 0.15) is 0 Å². The topological polar surface area (TPSA) is 142 Å². The first-order valence-electron chi connectivity index (χ1n) is 13.3. The largest absolute Gasteiger partial charge is 0.419 e. The molecule has 0 unspecified atom stereocenters. The van der Waals surface area contributed by atoms with Crippen LogP contribution >= 0.6 is 0 Å². The molecule has 1 saturated heterocycles. The van der Waals surface area contributed by atoms with Gasteiger partial charge >= 0.3 is 23.2 Å². The van der Waals surface area contributed by atoms with Crippen molar-refractivity contribution in [3.05, 3.63) is 91.9 Å². The fraction of sp³-hybridized carbons (Fsp3) is 0.233. The van der Waals surface area contributed by atoms with Gasteiger partial charge in [0.15, 0.2) is 11.3 Å². The molecule has 0 amide bonds. The number of nitrogens with zero attached hydrogens (tertiary/aromatic N) is 3. The lowest BCUT2D eigenvalue weighted by atomic mass is 9.98. The van der Waals surface area contributed by atoms with Crippen LogP contribution in [0.3, 0.4) is 0 Å². The van der Waals surface area contributed by atoms with Crippen molar-refractivity contribution < 1.29 is 27.9 Å². The normalized spacial score (nSPS) is 16.8. The van der Waals surface area contributed by atoms with Crippen molar-refractivity contribution in [3.63, 3.8) is 0 Å². The Morgan fingerprint density at radius 2 is 1.43 bits per heavy atom. The van der Waals surface area contributed by atoms with Gasteiger partial charge in [0, 0.05) is 68.9 Å². The summed E-state index contributed by atoms with van der Waals surface area (Å²) in [6.45, 7) is 3.98. The monoisotopic (exact) mass is 571 g/mol. The summed E-state index contributed by atoms with van der Waals surface area (Å²) in [7, 11) is 2.04. The molecule has 6 rings (SSSR count). The summed E-state index contributed by atoms with van der Waals surface area (Å²) in [5, 5.41) is 0.0344. The number of hydrogen-bond acceptors (Lipinski definition) is 11. The number of pyridine rings is 1. The number of benzene rings is 2. The number of likely N-dealkylation sites (N-methyl/N-ethyl adjacent to an activating group) is 1. The van der Waals surface area contributed by atoms with Crippen LogP contribution in [0.5, 0.6) is 11.5 Å². The minimum Gasteiger partial charge on any atom is -0.419 e. The number of carbonyl (C=O) groups excluding carboxylic acids is 2. The summed E-state index contributed by atoms with van der Waals surface area (Å²) in [6.07, 6.45) is 1.75. The molecule has 0 aliphatic carbocycles. The second-order valence-corrected chi connectivity index (χ2v) is 9.95. The molecule has 2 aliphatic heterocycles. The maximum absolute atomic E-state index is 14.2. The highest BCUT2D eigenvalue weighted by Crippen LogP contribution is 2.43. The molecule has 0 N–H and O–H groups in total. The molecule has 12 heteroatoms. The van der Waals surface area contributed by atoms with Gasteiger partial charge in [0.2, 0.25) is 11.5 Å². The molecule has 0 radical (unpaired) electrons. The summed E-state index contributed by atoms with van der Waals surface area (Å²) in [6, 6.07) is 11.8. The Morgan fingerprint density at radius 3 is 2.14 bits per heavy atom. The first kappa shape index (κ1) is 27.1. The Labute approximate surface area is 237 Å². The molecular formula is C30H25N3O9. The number of piperazine rings is 1. The SMILES string of the molecule is CN1CCN(CCn2c(=O)c3cc4c(c5oc(=O)ccc(=O)oc2c(-c2ccccc2)c53)OC(=O)/C=C\C(=O)O4)CC1. The summed E-state index contributed by atoms with van der Waals surface area (Å²) in [5.41, 5.74) is -2.14. The molecule has 12 nitrogen and oxygen atoms in total. The summed E-state index contributed by atoms with van der Waals surface area (Å²) in [5.74, 6) is -2.49. The first-order chi connectivity index (χ1) is 20.3. The molecule has 4 aromatic rings. The van der Waals surface area contributed by atoms with E-state index in [-0.39, 0.29) is 45.7 Å². The maximum atomic E-state index is 14.2. The van der Waals surface area contributed by atoms with Crippen LogP contribution in [-0.4, -0.2) is 66.1 Å². The van der Waals surface area contributed by atoms with E-state index in [1.54, 1.807) is 30.3 Å². The average molecular weight is 572 g/mol. The number of carbonyl (C=O) groups is 2. The summed E-state index contributed by atoms with van der Waals surface area (Å²) >= 11 is 0. The Bertz CT molecular complexity index is 1960. The zero-order valence-electron chi connectivity index (χ0n) is 22.5. The number of hydrogen-bond donors (Lipinski definition) is 0. The molecular weight excluding hydrogens is 546 g/mol. The Morgan fingerprint density at radius 1 is 0.762 bits per heavy atom. The molecule has 2 aromatic carbocycles. The van der Waals surface area contributed by atoms with Crippen molar-refractivity contribution in [3.8, 4) is 22.6 Å². The van der Waals surface area contributed by atoms with Gasteiger partial charge in [-0.15, -0.1) is 0 Å². The van der Waals surface area contributed by atoms with E-state index in [0.717, 1.165) is 50.5 Å². The van der Waals surface area contributed by atoms with E-state index in [2.05, 4.69) is 9.80 Å². The number of rotatable bonds is 4. The van der Waals surface area contributed by atoms with E-state index >= 15 is 0 Å². The molecule has 2 bridgehead atoms. The second kappa shape index (κ2) is 11.1. The first-order valence-corrected chi connectivity index (χ1v) is 13.3. The highest BCUT2D eigenvalue weighted by molar-refractivity contribution is 6.13. The van der Waals surface area contributed by atoms with Crippen molar-refractivity contribution in [2.75, 3.05) is 39.8 Å². The second-order valence-electron chi connectivity index (χ2n) is 9.95. The van der Waals surface area contributed by atoms with Gasteiger partial charge in [-0.25, -0.2) is 19.2 Å². The van der Waals surface area contributed by atoms with Gasteiger partial charge in [-0.2, -0.15) is 0 Å². The van der Waals surface area contributed by atoms with Crippen LogP contribution < -0.4 is 26.3 Å². The van der Waals surface area contributed by atoms with Crippen molar-refractivity contribution in [2.24, 2.45) is 0 Å². The van der Waals surface area contributed by atoms with Gasteiger partial charge in [-0.05, 0) is 18.7 Å². The standard InChI is InChI=1S/C30H25N3O9/c1-31-11-13-32(14-12-31)15-16-33-29(38)19-17-20-27(40-22(35)8-7-21(34)39-20)28-26(19)25(18-5-3-2-4-6-18)30(33)42-24(37)10-9-23(36)41-28/h2-10,17H,11-16H2,1H3/b8-7-,10-9?. The summed E-state index contributed by atoms with van der Waals surface area (Å²) in [4.78, 5) is 69.1. The van der Waals surface area contributed by atoms with Crippen molar-refractivity contribution in [2.45, 2.75) is 6.54 Å². The lowest BCUT2D eigenvalue weighted by molar-refractivity contribution is -0.133. The van der Waals surface area contributed by atoms with Crippen molar-refractivity contribution >= 4 is 34.0 Å². The highest BCUT2D eigenvalue weighted by Gasteiger charge is 2.28. The molecule has 42 heavy (non-hydrogen) atoms. The third kappa shape index (κ3) is 5.20. The fourth-order valence-electron chi connectivity index (χ4n) is 5.09.